The van der Waals surface area contributed by atoms with Crippen molar-refractivity contribution in [1.29, 1.82) is 0 Å². The van der Waals surface area contributed by atoms with Gasteiger partial charge in [0.25, 0.3) is 0 Å². The van der Waals surface area contributed by atoms with Crippen molar-refractivity contribution >= 4 is 17.5 Å². The van der Waals surface area contributed by atoms with Gasteiger partial charge in [-0.3, -0.25) is 14.4 Å². The first-order chi connectivity index (χ1) is 15.0. The fourth-order valence-electron chi connectivity index (χ4n) is 7.97. The zero-order valence-electron chi connectivity index (χ0n) is 18.8. The van der Waals surface area contributed by atoms with Gasteiger partial charge in [0.05, 0.1) is 6.10 Å². The van der Waals surface area contributed by atoms with Crippen LogP contribution in [0.2, 0.25) is 0 Å². The van der Waals surface area contributed by atoms with Crippen molar-refractivity contribution in [3.63, 3.8) is 0 Å². The number of carbonyl (C=O) groups is 3. The summed E-state index contributed by atoms with van der Waals surface area (Å²) in [5.74, 6) is -0.126. The number of Topliss-reactive ketones (excluding diaryl/α,β-unsaturated/α-hetero) is 1. The number of rotatable bonds is 3. The first-order valence-electron chi connectivity index (χ1n) is 11.5. The van der Waals surface area contributed by atoms with Crippen LogP contribution in [-0.2, 0) is 23.9 Å². The average molecular weight is 442 g/mol. The molecule has 0 radical (unpaired) electrons. The summed E-state index contributed by atoms with van der Waals surface area (Å²) in [7, 11) is 0. The number of esters is 1. The van der Waals surface area contributed by atoms with Gasteiger partial charge >= 0.3 is 5.97 Å². The number of aliphatic hydroxyl groups is 1. The topological polar surface area (TPSA) is 102 Å². The van der Waals surface area contributed by atoms with E-state index in [2.05, 4.69) is 25.7 Å². The number of fused-ring (bicyclic) bond motifs is 7. The fraction of sp³-hybridized carbons (Fsp3) is 0.640. The number of hydrogen-bond acceptors (Lipinski definition) is 7. The molecule has 1 aliphatic heterocycles. The molecular weight excluding hydrogens is 410 g/mol. The molecule has 0 aromatic carbocycles. The molecule has 5 rings (SSSR count). The van der Waals surface area contributed by atoms with Crippen LogP contribution in [0.1, 0.15) is 46.5 Å². The van der Waals surface area contributed by atoms with Gasteiger partial charge in [-0.1, -0.05) is 25.5 Å². The number of allylic oxidation sites excluding steroid dienone is 4. The van der Waals surface area contributed by atoms with E-state index in [0.29, 0.717) is 18.7 Å². The second-order valence-corrected chi connectivity index (χ2v) is 10.6. The molecule has 3 saturated carbocycles. The van der Waals surface area contributed by atoms with Gasteiger partial charge in [0.2, 0.25) is 0 Å². The smallest absolute Gasteiger partial charge is 0.303 e. The Morgan fingerprint density at radius 2 is 2.12 bits per heavy atom. The highest BCUT2D eigenvalue weighted by atomic mass is 16.5. The van der Waals surface area contributed by atoms with Crippen molar-refractivity contribution in [3.8, 4) is 0 Å². The second-order valence-electron chi connectivity index (χ2n) is 10.6. The third-order valence-corrected chi connectivity index (χ3v) is 9.21. The number of carbonyl (C=O) groups excluding carboxylic acids is 3. The monoisotopic (exact) mass is 441 g/mol. The van der Waals surface area contributed by atoms with Crippen LogP contribution in [0, 0.1) is 28.6 Å². The zero-order valence-corrected chi connectivity index (χ0v) is 18.8. The molecule has 5 aliphatic rings. The molecule has 0 aromatic heterocycles. The summed E-state index contributed by atoms with van der Waals surface area (Å²) in [6, 6.07) is 0. The van der Waals surface area contributed by atoms with Crippen molar-refractivity contribution in [1.82, 2.24) is 5.32 Å². The Kier molecular flexibility index (Phi) is 4.55. The summed E-state index contributed by atoms with van der Waals surface area (Å²) >= 11 is 0. The molecule has 1 heterocycles. The van der Waals surface area contributed by atoms with Crippen molar-refractivity contribution in [2.75, 3.05) is 6.61 Å². The quantitative estimate of drug-likeness (QED) is 0.648. The van der Waals surface area contributed by atoms with Crippen LogP contribution >= 0.6 is 0 Å². The van der Waals surface area contributed by atoms with E-state index in [4.69, 9.17) is 9.47 Å². The van der Waals surface area contributed by atoms with E-state index in [1.165, 1.54) is 6.92 Å². The predicted octanol–water partition coefficient (Wildman–Crippen LogP) is 2.21. The van der Waals surface area contributed by atoms with Crippen LogP contribution in [0.3, 0.4) is 0 Å². The van der Waals surface area contributed by atoms with Gasteiger partial charge in [-0.25, -0.2) is 0 Å². The lowest BCUT2D eigenvalue weighted by atomic mass is 9.46. The molecule has 172 valence electrons. The van der Waals surface area contributed by atoms with Gasteiger partial charge in [-0.15, -0.1) is 0 Å². The first-order valence-corrected chi connectivity index (χ1v) is 11.5. The van der Waals surface area contributed by atoms with Gasteiger partial charge in [0.1, 0.15) is 11.6 Å². The maximum Gasteiger partial charge on any atom is 0.303 e. The zero-order chi connectivity index (χ0) is 23.1. The normalized spacial score (nSPS) is 46.1. The molecule has 4 aliphatic carbocycles. The minimum atomic E-state index is -1.09. The van der Waals surface area contributed by atoms with Crippen molar-refractivity contribution in [3.05, 3.63) is 36.3 Å². The summed E-state index contributed by atoms with van der Waals surface area (Å²) in [6.45, 7) is 9.03. The highest BCUT2D eigenvalue weighted by Crippen LogP contribution is 2.68. The molecule has 0 unspecified atom stereocenters. The minimum absolute atomic E-state index is 0.00703. The molecule has 1 saturated heterocycles. The lowest BCUT2D eigenvalue weighted by Crippen LogP contribution is -2.67. The standard InChI is InChI=1S/C25H31NO6/c1-13-26-25(20(30)12-31-14(2)27)21(32-13)10-18-17-6-5-15-9-16(28)7-8-23(15,3)22(17)19(29)11-24(18,25)4/h7-9,17-19,21-22,26,29H,1,5-6,10-12H2,2-4H3/t17-,18-,19-,21+,22+,23+,24-,25+/m0/s1. The van der Waals surface area contributed by atoms with E-state index in [1.807, 2.05) is 6.08 Å². The summed E-state index contributed by atoms with van der Waals surface area (Å²) in [5, 5.41) is 14.8. The van der Waals surface area contributed by atoms with Crippen LogP contribution in [0.15, 0.2) is 36.3 Å². The molecule has 7 heteroatoms. The molecule has 4 fully saturated rings. The van der Waals surface area contributed by atoms with E-state index in [0.717, 1.165) is 18.4 Å². The number of nitrogens with one attached hydrogen (secondary N) is 1. The van der Waals surface area contributed by atoms with Crippen molar-refractivity contribution < 1.29 is 29.0 Å². The van der Waals surface area contributed by atoms with Crippen molar-refractivity contribution in [2.45, 2.75) is 64.2 Å². The molecule has 7 nitrogen and oxygen atoms in total. The Bertz CT molecular complexity index is 983. The van der Waals surface area contributed by atoms with E-state index < -0.39 is 29.1 Å². The summed E-state index contributed by atoms with van der Waals surface area (Å²) in [4.78, 5) is 36.9. The highest BCUT2D eigenvalue weighted by molar-refractivity contribution is 6.01. The number of aliphatic hydroxyl groups excluding tert-OH is 1. The Hall–Kier alpha value is -2.41. The SMILES string of the molecule is C=C1N[C@]2(C(=O)COC(C)=O)[C@@H](C[C@H]3[C@@H]4CCC5=CC(=O)C=C[C@@]5(C)[C@H]4[C@@H](O)C[C@@]32C)O1. The van der Waals surface area contributed by atoms with Gasteiger partial charge in [0, 0.05) is 23.7 Å². The Labute approximate surface area is 187 Å². The fourth-order valence-corrected chi connectivity index (χ4v) is 7.97. The average Bonchev–Trinajstić information content (AvgIpc) is 3.17. The van der Waals surface area contributed by atoms with Crippen LogP contribution in [0.5, 0.6) is 0 Å². The number of ketones is 2. The van der Waals surface area contributed by atoms with Gasteiger partial charge in [0.15, 0.2) is 24.1 Å². The van der Waals surface area contributed by atoms with Crippen LogP contribution in [0.25, 0.3) is 0 Å². The van der Waals surface area contributed by atoms with E-state index in [-0.39, 0.29) is 41.3 Å². The van der Waals surface area contributed by atoms with Gasteiger partial charge in [-0.2, -0.15) is 0 Å². The molecule has 0 amide bonds. The molecule has 8 atom stereocenters. The lowest BCUT2D eigenvalue weighted by molar-refractivity contribution is -0.156. The Morgan fingerprint density at radius 1 is 1.38 bits per heavy atom. The third-order valence-electron chi connectivity index (χ3n) is 9.21. The maximum absolute atomic E-state index is 13.6. The van der Waals surface area contributed by atoms with E-state index in [1.54, 1.807) is 12.2 Å². The molecule has 32 heavy (non-hydrogen) atoms. The predicted molar refractivity (Wildman–Crippen MR) is 115 cm³/mol. The summed E-state index contributed by atoms with van der Waals surface area (Å²) in [5.41, 5.74) is -0.968. The van der Waals surface area contributed by atoms with Gasteiger partial charge < -0.3 is 19.9 Å². The Morgan fingerprint density at radius 3 is 2.84 bits per heavy atom. The lowest BCUT2D eigenvalue weighted by Gasteiger charge is -2.59. The number of hydrogen-bond donors (Lipinski definition) is 2. The third kappa shape index (κ3) is 2.60. The van der Waals surface area contributed by atoms with E-state index in [9.17, 15) is 19.5 Å². The van der Waals surface area contributed by atoms with Crippen LogP contribution in [-0.4, -0.2) is 47.0 Å². The van der Waals surface area contributed by atoms with Crippen LogP contribution in [0.4, 0.5) is 0 Å². The summed E-state index contributed by atoms with van der Waals surface area (Å²) in [6.07, 6.45) is 6.98. The molecule has 0 spiro atoms. The minimum Gasteiger partial charge on any atom is -0.473 e. The van der Waals surface area contributed by atoms with Crippen LogP contribution < -0.4 is 5.32 Å². The molecule has 0 bridgehead atoms. The van der Waals surface area contributed by atoms with E-state index >= 15 is 0 Å². The highest BCUT2D eigenvalue weighted by Gasteiger charge is 2.74. The molecule has 2 N–H and O–H groups in total. The number of ether oxygens (including phenoxy) is 2. The van der Waals surface area contributed by atoms with Crippen molar-refractivity contribution in [2.24, 2.45) is 28.6 Å². The molecule has 0 aromatic rings. The van der Waals surface area contributed by atoms with Gasteiger partial charge in [-0.05, 0) is 56.3 Å². The largest absolute Gasteiger partial charge is 0.473 e. The maximum atomic E-state index is 13.6. The Balaban J connectivity index is 1.55. The second kappa shape index (κ2) is 6.80. The first kappa shape index (κ1) is 21.4. The summed E-state index contributed by atoms with van der Waals surface area (Å²) < 4.78 is 11.1. The molecular formula is C25H31NO6.